The van der Waals surface area contributed by atoms with Crippen LogP contribution in [0.3, 0.4) is 0 Å². The molecule has 30 heavy (non-hydrogen) atoms. The zero-order valence-corrected chi connectivity index (χ0v) is 18.1. The summed E-state index contributed by atoms with van der Waals surface area (Å²) in [4.78, 5) is 29.0. The summed E-state index contributed by atoms with van der Waals surface area (Å²) in [6.07, 6.45) is 5.49. The molecule has 0 aliphatic heterocycles. The quantitative estimate of drug-likeness (QED) is 0.537. The lowest BCUT2D eigenvalue weighted by Crippen LogP contribution is -2.18. The predicted octanol–water partition coefficient (Wildman–Crippen LogP) is 2.83. The number of carbonyl (C=O) groups excluding carboxylic acids is 2. The van der Waals surface area contributed by atoms with Crippen LogP contribution in [0.4, 0.5) is 5.82 Å². The summed E-state index contributed by atoms with van der Waals surface area (Å²) < 4.78 is 13.2. The molecule has 0 atom stereocenters. The second kappa shape index (κ2) is 10.1. The maximum atomic E-state index is 12.3. The number of ether oxygens (including phenoxy) is 1. The first kappa shape index (κ1) is 21.7. The molecule has 1 N–H and O–H groups in total. The van der Waals surface area contributed by atoms with Crippen molar-refractivity contribution in [1.29, 1.82) is 0 Å². The van der Waals surface area contributed by atoms with Gasteiger partial charge < -0.3 is 19.1 Å². The minimum absolute atomic E-state index is 0.0692. The number of carbonyl (C=O) groups is 2. The van der Waals surface area contributed by atoms with Crippen LogP contribution in [0.1, 0.15) is 12.7 Å². The van der Waals surface area contributed by atoms with E-state index in [2.05, 4.69) is 21.4 Å². The molecule has 0 bridgehead atoms. The molecule has 0 saturated heterocycles. The van der Waals surface area contributed by atoms with Gasteiger partial charge in [0.25, 0.3) is 5.91 Å². The third kappa shape index (κ3) is 5.52. The molecule has 0 fully saturated rings. The van der Waals surface area contributed by atoms with Gasteiger partial charge in [0, 0.05) is 6.07 Å². The van der Waals surface area contributed by atoms with Crippen LogP contribution in [0.25, 0.3) is 10.2 Å². The van der Waals surface area contributed by atoms with Crippen molar-refractivity contribution in [2.24, 2.45) is 4.99 Å². The predicted molar refractivity (Wildman–Crippen MR) is 118 cm³/mol. The third-order valence-corrected chi connectivity index (χ3v) is 5.75. The van der Waals surface area contributed by atoms with E-state index < -0.39 is 0 Å². The molecule has 3 rings (SSSR count). The average molecular weight is 445 g/mol. The largest absolute Gasteiger partial charge is 0.494 e. The molecule has 0 aliphatic rings. The fraction of sp³-hybridized carbons (Fsp3) is 0.300. The van der Waals surface area contributed by atoms with Gasteiger partial charge in [0.05, 0.1) is 34.9 Å². The van der Waals surface area contributed by atoms with E-state index in [-0.39, 0.29) is 23.3 Å². The van der Waals surface area contributed by atoms with Crippen LogP contribution in [0.2, 0.25) is 0 Å². The molecule has 3 aromatic rings. The number of anilines is 1. The highest BCUT2D eigenvalue weighted by molar-refractivity contribution is 8.00. The molecule has 2 aromatic heterocycles. The number of rotatable bonds is 8. The molecule has 2 heterocycles. The van der Waals surface area contributed by atoms with E-state index in [1.807, 2.05) is 29.7 Å². The van der Waals surface area contributed by atoms with Gasteiger partial charge in [0.1, 0.15) is 11.5 Å². The molecule has 0 spiro atoms. The number of nitrogens with zero attached hydrogens (tertiary/aromatic N) is 3. The van der Waals surface area contributed by atoms with Crippen molar-refractivity contribution in [3.05, 3.63) is 34.8 Å². The van der Waals surface area contributed by atoms with Crippen molar-refractivity contribution in [1.82, 2.24) is 9.72 Å². The maximum Gasteiger partial charge on any atom is 0.258 e. The summed E-state index contributed by atoms with van der Waals surface area (Å²) in [6, 6.07) is 7.29. The van der Waals surface area contributed by atoms with E-state index in [0.29, 0.717) is 29.5 Å². The highest BCUT2D eigenvalue weighted by Crippen LogP contribution is 2.23. The molecular weight excluding hydrogens is 424 g/mol. The second-order valence-electron chi connectivity index (χ2n) is 6.11. The Morgan fingerprint density at radius 3 is 2.93 bits per heavy atom. The van der Waals surface area contributed by atoms with E-state index in [0.717, 1.165) is 16.0 Å². The third-order valence-electron chi connectivity index (χ3n) is 3.79. The summed E-state index contributed by atoms with van der Waals surface area (Å²) in [5.41, 5.74) is 0.892. The van der Waals surface area contributed by atoms with Gasteiger partial charge in [-0.25, -0.2) is 0 Å². The first-order valence-corrected chi connectivity index (χ1v) is 11.1. The van der Waals surface area contributed by atoms with Crippen molar-refractivity contribution in [2.75, 3.05) is 23.4 Å². The molecule has 0 radical (unpaired) electrons. The van der Waals surface area contributed by atoms with Crippen LogP contribution >= 0.6 is 23.1 Å². The summed E-state index contributed by atoms with van der Waals surface area (Å²) in [6.45, 7) is 4.52. The number of hydrogen-bond donors (Lipinski definition) is 1. The summed E-state index contributed by atoms with van der Waals surface area (Å²) in [5.74, 6) is 3.85. The fourth-order valence-corrected chi connectivity index (χ4v) is 4.29. The Morgan fingerprint density at radius 2 is 2.23 bits per heavy atom. The minimum Gasteiger partial charge on any atom is -0.494 e. The van der Waals surface area contributed by atoms with Crippen LogP contribution in [0.5, 0.6) is 5.75 Å². The van der Waals surface area contributed by atoms with Crippen molar-refractivity contribution < 1.29 is 18.8 Å². The Hall–Kier alpha value is -3.03. The number of aromatic nitrogens is 2. The van der Waals surface area contributed by atoms with Gasteiger partial charge in [-0.2, -0.15) is 4.99 Å². The Labute approximate surface area is 181 Å². The van der Waals surface area contributed by atoms with E-state index in [9.17, 15) is 9.59 Å². The van der Waals surface area contributed by atoms with E-state index in [1.165, 1.54) is 23.1 Å². The molecule has 0 aliphatic carbocycles. The average Bonchev–Trinajstić information content (AvgIpc) is 3.25. The zero-order chi connectivity index (χ0) is 21.5. The number of terminal acetylenes is 1. The number of thioether (sulfide) groups is 1. The van der Waals surface area contributed by atoms with Gasteiger partial charge in [-0.05, 0) is 32.0 Å². The number of amides is 2. The number of nitrogens with one attached hydrogen (secondary N) is 1. The molecule has 10 heteroatoms. The van der Waals surface area contributed by atoms with Gasteiger partial charge >= 0.3 is 0 Å². The summed E-state index contributed by atoms with van der Waals surface area (Å²) >= 11 is 2.54. The molecular formula is C20H20N4O4S2. The van der Waals surface area contributed by atoms with Crippen molar-refractivity contribution in [3.63, 3.8) is 0 Å². The van der Waals surface area contributed by atoms with Crippen molar-refractivity contribution >= 4 is 50.9 Å². The zero-order valence-electron chi connectivity index (χ0n) is 16.5. The van der Waals surface area contributed by atoms with Crippen LogP contribution in [0, 0.1) is 19.3 Å². The smallest absolute Gasteiger partial charge is 0.258 e. The maximum absolute atomic E-state index is 12.3. The van der Waals surface area contributed by atoms with Crippen LogP contribution < -0.4 is 14.9 Å². The summed E-state index contributed by atoms with van der Waals surface area (Å²) in [5, 5.41) is 6.30. The first-order chi connectivity index (χ1) is 14.5. The molecule has 0 unspecified atom stereocenters. The lowest BCUT2D eigenvalue weighted by atomic mass is 10.3. The van der Waals surface area contributed by atoms with Gasteiger partial charge in [0.15, 0.2) is 10.6 Å². The molecule has 156 valence electrons. The Kier molecular flexibility index (Phi) is 7.32. The van der Waals surface area contributed by atoms with Gasteiger partial charge in [-0.1, -0.05) is 22.4 Å². The lowest BCUT2D eigenvalue weighted by molar-refractivity contribution is -0.115. The highest BCUT2D eigenvalue weighted by Gasteiger charge is 2.11. The molecule has 0 saturated carbocycles. The number of hydrogen-bond acceptors (Lipinski definition) is 7. The lowest BCUT2D eigenvalue weighted by Gasteiger charge is -2.03. The van der Waals surface area contributed by atoms with Crippen LogP contribution in [-0.2, 0) is 16.1 Å². The number of aryl methyl sites for hydroxylation is 1. The van der Waals surface area contributed by atoms with Crippen molar-refractivity contribution in [2.45, 2.75) is 20.4 Å². The van der Waals surface area contributed by atoms with E-state index >= 15 is 0 Å². The Morgan fingerprint density at radius 1 is 1.40 bits per heavy atom. The monoisotopic (exact) mass is 444 g/mol. The fourth-order valence-electron chi connectivity index (χ4n) is 2.61. The number of benzene rings is 1. The van der Waals surface area contributed by atoms with Gasteiger partial charge in [-0.15, -0.1) is 18.2 Å². The van der Waals surface area contributed by atoms with Gasteiger partial charge in [0.2, 0.25) is 5.91 Å². The van der Waals surface area contributed by atoms with Gasteiger partial charge in [-0.3, -0.25) is 9.59 Å². The number of fused-ring (bicyclic) bond motifs is 1. The van der Waals surface area contributed by atoms with Crippen molar-refractivity contribution in [3.8, 4) is 18.1 Å². The number of thiazole rings is 1. The Balaban J connectivity index is 1.67. The topological polar surface area (TPSA) is 98.7 Å². The van der Waals surface area contributed by atoms with E-state index in [1.54, 1.807) is 13.0 Å². The molecule has 1 aromatic carbocycles. The Bertz CT molecular complexity index is 1170. The summed E-state index contributed by atoms with van der Waals surface area (Å²) in [7, 11) is 0. The second-order valence-corrected chi connectivity index (χ2v) is 8.10. The molecule has 8 nitrogen and oxygen atoms in total. The molecule has 2 amide bonds. The first-order valence-electron chi connectivity index (χ1n) is 9.08. The normalized spacial score (nSPS) is 11.4. The van der Waals surface area contributed by atoms with Crippen LogP contribution in [-0.4, -0.2) is 39.7 Å². The SMILES string of the molecule is C#CCn1c(=NC(=O)CSCC(=O)Nc2cc(C)on2)sc2cc(OCC)ccc21. The van der Waals surface area contributed by atoms with E-state index in [4.69, 9.17) is 15.7 Å². The van der Waals surface area contributed by atoms with Crippen LogP contribution in [0.15, 0.2) is 33.8 Å². The minimum atomic E-state index is -0.340. The standard InChI is InChI=1S/C20H20N4O4S2/c1-4-8-24-15-7-6-14(27-5-2)10-16(15)30-20(24)22-19(26)12-29-11-18(25)21-17-9-13(3)28-23-17/h1,6-7,9-10H,5,8,11-12H2,2-3H3,(H,21,23,25). The highest BCUT2D eigenvalue weighted by atomic mass is 32.2.